The maximum atomic E-state index is 13.3. The first-order valence-corrected chi connectivity index (χ1v) is 16.8. The quantitative estimate of drug-likeness (QED) is 0.269. The Balaban J connectivity index is 1.82. The highest BCUT2D eigenvalue weighted by molar-refractivity contribution is 6.30. The van der Waals surface area contributed by atoms with E-state index in [1.54, 1.807) is 48.8 Å². The number of amides is 3. The summed E-state index contributed by atoms with van der Waals surface area (Å²) in [6.07, 6.45) is -0.794. The fraction of sp³-hybridized carbons (Fsp3) is 0.611. The van der Waals surface area contributed by atoms with E-state index in [-0.39, 0.29) is 18.1 Å². The maximum Gasteiger partial charge on any atom is 0.413 e. The first kappa shape index (κ1) is 38.9. The first-order valence-electron chi connectivity index (χ1n) is 16.4. The molecule has 1 aromatic carbocycles. The van der Waals surface area contributed by atoms with Gasteiger partial charge in [-0.1, -0.05) is 23.7 Å². The summed E-state index contributed by atoms with van der Waals surface area (Å²) in [6.45, 7) is 20.7. The molecule has 1 aliphatic rings. The highest BCUT2D eigenvalue weighted by Gasteiger charge is 2.39. The Morgan fingerprint density at radius 1 is 0.896 bits per heavy atom. The van der Waals surface area contributed by atoms with Crippen molar-refractivity contribution in [2.24, 2.45) is 5.92 Å². The molecule has 2 atom stereocenters. The lowest BCUT2D eigenvalue weighted by molar-refractivity contribution is 0.0208. The largest absolute Gasteiger partial charge is 0.444 e. The maximum absolute atomic E-state index is 13.3. The van der Waals surface area contributed by atoms with Crippen LogP contribution in [0.25, 0.3) is 0 Å². The number of carbonyl (C=O) groups is 3. The van der Waals surface area contributed by atoms with Crippen LogP contribution in [-0.4, -0.2) is 94.0 Å². The van der Waals surface area contributed by atoms with Gasteiger partial charge in [0.05, 0.1) is 0 Å². The molecule has 1 saturated heterocycles. The molecule has 0 bridgehead atoms. The molecule has 2 heterocycles. The van der Waals surface area contributed by atoms with E-state index in [0.29, 0.717) is 50.0 Å². The third-order valence-corrected chi connectivity index (χ3v) is 7.66. The predicted octanol–water partition coefficient (Wildman–Crippen LogP) is 7.54. The molecule has 1 N–H and O–H groups in total. The average molecular weight is 688 g/mol. The second-order valence-electron chi connectivity index (χ2n) is 15.6. The fourth-order valence-electron chi connectivity index (χ4n) is 5.43. The van der Waals surface area contributed by atoms with E-state index in [1.165, 1.54) is 0 Å². The second kappa shape index (κ2) is 15.8. The van der Waals surface area contributed by atoms with Crippen molar-refractivity contribution in [1.82, 2.24) is 19.7 Å². The van der Waals surface area contributed by atoms with Crippen LogP contribution in [0.5, 0.6) is 0 Å². The van der Waals surface area contributed by atoms with Gasteiger partial charge in [0.2, 0.25) is 0 Å². The fourth-order valence-corrected chi connectivity index (χ4v) is 5.56. The van der Waals surface area contributed by atoms with Crippen LogP contribution in [0.1, 0.15) is 79.1 Å². The van der Waals surface area contributed by atoms with Crippen molar-refractivity contribution in [3.8, 4) is 0 Å². The van der Waals surface area contributed by atoms with Gasteiger partial charge in [-0.3, -0.25) is 10.2 Å². The molecule has 0 aliphatic carbocycles. The standard InChI is InChI=1S/C36H54ClN5O6/c1-24-18-28(38-30(19-24)39-31(43)46-34(2,3)4)20-26-22-42(33(45)48-36(8,9)10)23-29(26)40(11)16-17-41(32(44)47-35(5,6)7)21-25-12-14-27(37)15-13-25/h12-15,18-19,26,29H,16-17,20-23H2,1-11H3,(H,38,39,43)/t26-,29+/m0/s1. The number of aryl methyl sites for hydroxylation is 1. The Labute approximate surface area is 291 Å². The number of rotatable bonds is 9. The summed E-state index contributed by atoms with van der Waals surface area (Å²) in [5.41, 5.74) is 0.735. The Morgan fingerprint density at radius 2 is 1.50 bits per heavy atom. The van der Waals surface area contributed by atoms with Crippen molar-refractivity contribution in [3.63, 3.8) is 0 Å². The summed E-state index contributed by atoms with van der Waals surface area (Å²) < 4.78 is 16.9. The molecule has 3 rings (SSSR count). The van der Waals surface area contributed by atoms with Crippen molar-refractivity contribution >= 4 is 35.7 Å². The second-order valence-corrected chi connectivity index (χ2v) is 16.0. The minimum Gasteiger partial charge on any atom is -0.444 e. The third-order valence-electron chi connectivity index (χ3n) is 7.41. The van der Waals surface area contributed by atoms with Gasteiger partial charge in [0, 0.05) is 49.5 Å². The van der Waals surface area contributed by atoms with Crippen molar-refractivity contribution < 1.29 is 28.6 Å². The number of carbonyl (C=O) groups excluding carboxylic acids is 3. The van der Waals surface area contributed by atoms with Gasteiger partial charge in [0.15, 0.2) is 0 Å². The van der Waals surface area contributed by atoms with Crippen molar-refractivity contribution in [3.05, 3.63) is 58.2 Å². The molecular formula is C36H54ClN5O6. The lowest BCUT2D eigenvalue weighted by Crippen LogP contribution is -2.45. The summed E-state index contributed by atoms with van der Waals surface area (Å²) in [5.74, 6) is 0.402. The van der Waals surface area contributed by atoms with Crippen LogP contribution in [-0.2, 0) is 27.2 Å². The van der Waals surface area contributed by atoms with Crippen LogP contribution >= 0.6 is 11.6 Å². The Morgan fingerprint density at radius 3 is 2.08 bits per heavy atom. The number of nitrogens with zero attached hydrogens (tertiary/aromatic N) is 4. The van der Waals surface area contributed by atoms with E-state index in [9.17, 15) is 14.4 Å². The normalized spacial score (nSPS) is 16.9. The average Bonchev–Trinajstić information content (AvgIpc) is 3.32. The SMILES string of the molecule is Cc1cc(C[C@H]2CN(C(=O)OC(C)(C)C)C[C@H]2N(C)CCN(Cc2ccc(Cl)cc2)C(=O)OC(C)(C)C)nc(NC(=O)OC(C)(C)C)c1. The highest BCUT2D eigenvalue weighted by Crippen LogP contribution is 2.28. The van der Waals surface area contributed by atoms with Crippen LogP contribution in [0.15, 0.2) is 36.4 Å². The molecule has 2 aromatic rings. The van der Waals surface area contributed by atoms with E-state index in [4.69, 9.17) is 30.8 Å². The molecule has 48 heavy (non-hydrogen) atoms. The number of likely N-dealkylation sites (tertiary alicyclic amines) is 1. The van der Waals surface area contributed by atoms with Crippen LogP contribution in [0.3, 0.4) is 0 Å². The van der Waals surface area contributed by atoms with E-state index in [2.05, 4.69) is 10.2 Å². The summed E-state index contributed by atoms with van der Waals surface area (Å²) in [5, 5.41) is 3.37. The van der Waals surface area contributed by atoms with Gasteiger partial charge in [0.1, 0.15) is 22.6 Å². The molecule has 11 nitrogen and oxygen atoms in total. The van der Waals surface area contributed by atoms with E-state index in [0.717, 1.165) is 16.8 Å². The number of pyridine rings is 1. The summed E-state index contributed by atoms with van der Waals surface area (Å²) in [4.78, 5) is 49.3. The molecule has 0 saturated carbocycles. The lowest BCUT2D eigenvalue weighted by Gasteiger charge is -2.32. The van der Waals surface area contributed by atoms with Gasteiger partial charge in [-0.05, 0) is 124 Å². The number of aromatic nitrogens is 1. The van der Waals surface area contributed by atoms with Gasteiger partial charge in [-0.25, -0.2) is 19.4 Å². The molecule has 266 valence electrons. The Kier molecular flexibility index (Phi) is 12.8. The topological polar surface area (TPSA) is 114 Å². The monoisotopic (exact) mass is 687 g/mol. The zero-order valence-electron chi connectivity index (χ0n) is 30.5. The van der Waals surface area contributed by atoms with Crippen LogP contribution in [0.4, 0.5) is 20.2 Å². The lowest BCUT2D eigenvalue weighted by atomic mass is 9.96. The van der Waals surface area contributed by atoms with Gasteiger partial charge in [-0.15, -0.1) is 0 Å². The number of hydrogen-bond donors (Lipinski definition) is 1. The van der Waals surface area contributed by atoms with Crippen molar-refractivity contribution in [1.29, 1.82) is 0 Å². The smallest absolute Gasteiger partial charge is 0.413 e. The Bertz CT molecular complexity index is 1410. The predicted molar refractivity (Wildman–Crippen MR) is 188 cm³/mol. The van der Waals surface area contributed by atoms with Gasteiger partial charge in [0.25, 0.3) is 0 Å². The zero-order valence-corrected chi connectivity index (χ0v) is 31.2. The molecule has 1 aromatic heterocycles. The van der Waals surface area contributed by atoms with Crippen molar-refractivity contribution in [2.45, 2.75) is 105 Å². The van der Waals surface area contributed by atoms with Crippen LogP contribution < -0.4 is 5.32 Å². The third kappa shape index (κ3) is 13.1. The van der Waals surface area contributed by atoms with E-state index in [1.807, 2.05) is 73.7 Å². The molecular weight excluding hydrogens is 634 g/mol. The minimum atomic E-state index is -0.649. The van der Waals surface area contributed by atoms with Crippen LogP contribution in [0.2, 0.25) is 5.02 Å². The minimum absolute atomic E-state index is 0.00237. The number of likely N-dealkylation sites (N-methyl/N-ethyl adjacent to an activating group) is 1. The van der Waals surface area contributed by atoms with Gasteiger partial charge < -0.3 is 24.0 Å². The zero-order chi connectivity index (χ0) is 36.0. The molecule has 1 fully saturated rings. The number of benzene rings is 1. The first-order chi connectivity index (χ1) is 22.1. The number of hydrogen-bond acceptors (Lipinski definition) is 8. The van der Waals surface area contributed by atoms with Crippen molar-refractivity contribution in [2.75, 3.05) is 38.5 Å². The molecule has 0 unspecified atom stereocenters. The van der Waals surface area contributed by atoms with Crippen LogP contribution in [0, 0.1) is 12.8 Å². The number of anilines is 1. The number of nitrogens with one attached hydrogen (secondary N) is 1. The Hall–Kier alpha value is -3.57. The molecule has 0 radical (unpaired) electrons. The molecule has 1 aliphatic heterocycles. The van der Waals surface area contributed by atoms with Gasteiger partial charge >= 0.3 is 18.3 Å². The summed E-state index contributed by atoms with van der Waals surface area (Å²) >= 11 is 6.10. The summed E-state index contributed by atoms with van der Waals surface area (Å²) in [7, 11) is 2.00. The number of ether oxygens (including phenoxy) is 3. The molecule has 0 spiro atoms. The molecule has 12 heteroatoms. The van der Waals surface area contributed by atoms with E-state index >= 15 is 0 Å². The number of halogens is 1. The van der Waals surface area contributed by atoms with Gasteiger partial charge in [-0.2, -0.15) is 0 Å². The highest BCUT2D eigenvalue weighted by atomic mass is 35.5. The van der Waals surface area contributed by atoms with E-state index < -0.39 is 29.0 Å². The summed E-state index contributed by atoms with van der Waals surface area (Å²) in [6, 6.07) is 11.1. The molecule has 3 amide bonds.